The number of Topliss-reactive ketones (excluding diaryl/α,β-unsaturated/α-hetero) is 1. The van der Waals surface area contributed by atoms with Crippen LogP contribution in [0, 0.1) is 40.4 Å². The molecule has 25 heavy (non-hydrogen) atoms. The Labute approximate surface area is 151 Å². The zero-order valence-corrected chi connectivity index (χ0v) is 15.7. The van der Waals surface area contributed by atoms with Crippen LogP contribution >= 0.6 is 0 Å². The Morgan fingerprint density at radius 1 is 1.04 bits per heavy atom. The molecule has 4 saturated carbocycles. The number of ketones is 1. The van der Waals surface area contributed by atoms with E-state index in [1.807, 2.05) is 0 Å². The number of fused-ring (bicyclic) bond motifs is 5. The van der Waals surface area contributed by atoms with Crippen molar-refractivity contribution in [2.45, 2.75) is 77.4 Å². The summed E-state index contributed by atoms with van der Waals surface area (Å²) < 4.78 is 0. The molecule has 0 spiro atoms. The van der Waals surface area contributed by atoms with Crippen molar-refractivity contribution < 1.29 is 20.1 Å². The molecule has 0 aromatic rings. The summed E-state index contributed by atoms with van der Waals surface area (Å²) in [5, 5.41) is 30.7. The monoisotopic (exact) mass is 350 g/mol. The topological polar surface area (TPSA) is 77.8 Å². The fourth-order valence-electron chi connectivity index (χ4n) is 8.00. The van der Waals surface area contributed by atoms with E-state index in [0.29, 0.717) is 30.1 Å². The molecule has 4 aliphatic rings. The second kappa shape index (κ2) is 6.03. The van der Waals surface area contributed by atoms with Crippen LogP contribution in [0.25, 0.3) is 0 Å². The lowest BCUT2D eigenvalue weighted by Gasteiger charge is -2.62. The Hall–Kier alpha value is -0.450. The number of carbonyl (C=O) groups is 1. The minimum Gasteiger partial charge on any atom is -0.393 e. The van der Waals surface area contributed by atoms with Crippen LogP contribution in [0.3, 0.4) is 0 Å². The van der Waals surface area contributed by atoms with E-state index in [-0.39, 0.29) is 41.3 Å². The van der Waals surface area contributed by atoms with E-state index in [0.717, 1.165) is 44.9 Å². The first-order valence-electron chi connectivity index (χ1n) is 10.3. The Bertz CT molecular complexity index is 548. The third kappa shape index (κ3) is 2.47. The van der Waals surface area contributed by atoms with E-state index in [9.17, 15) is 20.1 Å². The highest BCUT2D eigenvalue weighted by atomic mass is 16.3. The second-order valence-corrected chi connectivity index (χ2v) is 10.0. The maximum atomic E-state index is 12.3. The van der Waals surface area contributed by atoms with Gasteiger partial charge in [-0.3, -0.25) is 4.79 Å². The number of hydrogen-bond acceptors (Lipinski definition) is 4. The minimum atomic E-state index is -0.366. The van der Waals surface area contributed by atoms with Crippen LogP contribution in [0.4, 0.5) is 0 Å². The van der Waals surface area contributed by atoms with Crippen LogP contribution in [-0.2, 0) is 4.79 Å². The molecule has 4 aliphatic carbocycles. The average Bonchev–Trinajstić information content (AvgIpc) is 2.91. The van der Waals surface area contributed by atoms with Crippen LogP contribution in [0.2, 0.25) is 0 Å². The fourth-order valence-corrected chi connectivity index (χ4v) is 8.00. The van der Waals surface area contributed by atoms with Gasteiger partial charge in [-0.25, -0.2) is 0 Å². The third-order valence-electron chi connectivity index (χ3n) is 9.11. The molecule has 4 heteroatoms. The van der Waals surface area contributed by atoms with Gasteiger partial charge in [-0.05, 0) is 85.9 Å². The van der Waals surface area contributed by atoms with Gasteiger partial charge in [0.15, 0.2) is 5.78 Å². The van der Waals surface area contributed by atoms with E-state index in [1.165, 1.54) is 0 Å². The van der Waals surface area contributed by atoms with Crippen molar-refractivity contribution in [3.63, 3.8) is 0 Å². The third-order valence-corrected chi connectivity index (χ3v) is 9.11. The van der Waals surface area contributed by atoms with Gasteiger partial charge in [0, 0.05) is 5.92 Å². The highest BCUT2D eigenvalue weighted by Gasteiger charge is 2.63. The molecule has 9 atom stereocenters. The summed E-state index contributed by atoms with van der Waals surface area (Å²) in [5.41, 5.74) is -0.0280. The van der Waals surface area contributed by atoms with Gasteiger partial charge >= 0.3 is 0 Å². The fraction of sp³-hybridized carbons (Fsp3) is 0.952. The Morgan fingerprint density at radius 3 is 2.52 bits per heavy atom. The highest BCUT2D eigenvalue weighted by molar-refractivity contribution is 5.83. The molecule has 0 saturated heterocycles. The van der Waals surface area contributed by atoms with Crippen molar-refractivity contribution in [1.29, 1.82) is 0 Å². The number of aliphatic hydroxyl groups is 3. The van der Waals surface area contributed by atoms with E-state index in [2.05, 4.69) is 13.8 Å². The van der Waals surface area contributed by atoms with Crippen molar-refractivity contribution >= 4 is 5.78 Å². The van der Waals surface area contributed by atoms with Crippen LogP contribution < -0.4 is 0 Å². The van der Waals surface area contributed by atoms with Crippen molar-refractivity contribution in [3.8, 4) is 0 Å². The first kappa shape index (κ1) is 17.9. The van der Waals surface area contributed by atoms with Crippen molar-refractivity contribution in [2.75, 3.05) is 6.61 Å². The molecule has 0 aliphatic heterocycles. The molecule has 0 bridgehead atoms. The largest absolute Gasteiger partial charge is 0.393 e. The van der Waals surface area contributed by atoms with Gasteiger partial charge in [-0.2, -0.15) is 0 Å². The molecule has 4 rings (SSSR count). The number of hydrogen-bond donors (Lipinski definition) is 3. The maximum absolute atomic E-state index is 12.3. The van der Waals surface area contributed by atoms with E-state index in [4.69, 9.17) is 0 Å². The molecule has 4 fully saturated rings. The SMILES string of the molecule is C[C@]12CC[C@@H](O)C[C@H]1CC[C@@H]1[C@@H]2[C@@H](O)C[C@]2(C)[C@H](C(=O)CO)CC[C@@H]12. The van der Waals surface area contributed by atoms with Gasteiger partial charge in [0.25, 0.3) is 0 Å². The maximum Gasteiger partial charge on any atom is 0.161 e. The Morgan fingerprint density at radius 2 is 1.80 bits per heavy atom. The predicted octanol–water partition coefficient (Wildman–Crippen LogP) is 2.54. The lowest BCUT2D eigenvalue weighted by atomic mass is 9.44. The van der Waals surface area contributed by atoms with Gasteiger partial charge in [-0.1, -0.05) is 13.8 Å². The van der Waals surface area contributed by atoms with E-state index >= 15 is 0 Å². The van der Waals surface area contributed by atoms with Crippen molar-refractivity contribution in [1.82, 2.24) is 0 Å². The normalized spacial score (nSPS) is 55.2. The van der Waals surface area contributed by atoms with E-state index in [1.54, 1.807) is 0 Å². The van der Waals surface area contributed by atoms with Crippen LogP contribution in [0.15, 0.2) is 0 Å². The number of carbonyl (C=O) groups excluding carboxylic acids is 1. The van der Waals surface area contributed by atoms with Crippen LogP contribution in [0.1, 0.15) is 65.2 Å². The highest BCUT2D eigenvalue weighted by Crippen LogP contribution is 2.67. The molecular weight excluding hydrogens is 316 g/mol. The lowest BCUT2D eigenvalue weighted by Crippen LogP contribution is -2.59. The molecule has 0 amide bonds. The zero-order valence-electron chi connectivity index (χ0n) is 15.7. The van der Waals surface area contributed by atoms with Crippen molar-refractivity contribution in [3.05, 3.63) is 0 Å². The molecule has 3 N–H and O–H groups in total. The minimum absolute atomic E-state index is 0.0312. The van der Waals surface area contributed by atoms with Crippen molar-refractivity contribution in [2.24, 2.45) is 40.4 Å². The van der Waals surface area contributed by atoms with Gasteiger partial charge in [-0.15, -0.1) is 0 Å². The molecule has 0 aromatic carbocycles. The standard InChI is InChI=1S/C21H34O4/c1-20-8-7-13(23)9-12(20)3-4-14-15-5-6-16(18(25)11-22)21(15,2)10-17(24)19(14)20/h12-17,19,22-24H,3-11H2,1-2H3/t12-,13-,14+,15+,16+,17+,19-,20+,21+/m1/s1. The molecule has 0 unspecified atom stereocenters. The lowest BCUT2D eigenvalue weighted by molar-refractivity contribution is -0.179. The molecule has 142 valence electrons. The molecule has 0 heterocycles. The summed E-state index contributed by atoms with van der Waals surface area (Å²) in [6.45, 7) is 4.19. The van der Waals surface area contributed by atoms with Gasteiger partial charge in [0.2, 0.25) is 0 Å². The summed E-state index contributed by atoms with van der Waals surface area (Å²) in [6, 6.07) is 0. The summed E-state index contributed by atoms with van der Waals surface area (Å²) in [4.78, 5) is 12.3. The summed E-state index contributed by atoms with van der Waals surface area (Å²) in [7, 11) is 0. The molecule has 4 nitrogen and oxygen atoms in total. The average molecular weight is 350 g/mol. The predicted molar refractivity (Wildman–Crippen MR) is 94.7 cm³/mol. The zero-order chi connectivity index (χ0) is 18.0. The molecule has 0 radical (unpaired) electrons. The smallest absolute Gasteiger partial charge is 0.161 e. The summed E-state index contributed by atoms with van der Waals surface area (Å²) in [5.74, 6) is 1.69. The number of rotatable bonds is 2. The van der Waals surface area contributed by atoms with Gasteiger partial charge in [0.1, 0.15) is 6.61 Å². The first-order chi connectivity index (χ1) is 11.8. The second-order valence-electron chi connectivity index (χ2n) is 10.0. The molecular formula is C21H34O4. The Kier molecular flexibility index (Phi) is 4.33. The van der Waals surface area contributed by atoms with Crippen LogP contribution in [-0.4, -0.2) is 39.9 Å². The van der Waals surface area contributed by atoms with E-state index < -0.39 is 0 Å². The Balaban J connectivity index is 1.65. The molecule has 0 aromatic heterocycles. The van der Waals surface area contributed by atoms with Crippen LogP contribution in [0.5, 0.6) is 0 Å². The number of aliphatic hydroxyl groups excluding tert-OH is 3. The quantitative estimate of drug-likeness (QED) is 0.715. The first-order valence-corrected chi connectivity index (χ1v) is 10.3. The summed E-state index contributed by atoms with van der Waals surface area (Å²) in [6.07, 6.45) is 7.12. The summed E-state index contributed by atoms with van der Waals surface area (Å²) >= 11 is 0. The van der Waals surface area contributed by atoms with Gasteiger partial charge < -0.3 is 15.3 Å². The van der Waals surface area contributed by atoms with Gasteiger partial charge in [0.05, 0.1) is 12.2 Å².